The van der Waals surface area contributed by atoms with Gasteiger partial charge >= 0.3 is 0 Å². The smallest absolute Gasteiger partial charge is 0.276 e. The fourth-order valence-electron chi connectivity index (χ4n) is 4.04. The van der Waals surface area contributed by atoms with E-state index in [1.165, 1.54) is 0 Å². The van der Waals surface area contributed by atoms with Gasteiger partial charge in [-0.05, 0) is 36.2 Å². The summed E-state index contributed by atoms with van der Waals surface area (Å²) in [5, 5.41) is 10.4. The van der Waals surface area contributed by atoms with Crippen LogP contribution in [0.2, 0.25) is 0 Å². The largest absolute Gasteiger partial charge is 0.352 e. The predicted octanol–water partition coefficient (Wildman–Crippen LogP) is 3.37. The number of carbonyl (C=O) groups is 2. The normalized spacial score (nSPS) is 13.4. The third-order valence-electron chi connectivity index (χ3n) is 5.73. The summed E-state index contributed by atoms with van der Waals surface area (Å²) in [4.78, 5) is 27.3. The van der Waals surface area contributed by atoms with Crippen molar-refractivity contribution in [2.24, 2.45) is 7.05 Å². The van der Waals surface area contributed by atoms with Crippen molar-refractivity contribution in [1.82, 2.24) is 20.0 Å². The monoisotopic (exact) mass is 431 g/mol. The van der Waals surface area contributed by atoms with Crippen molar-refractivity contribution >= 4 is 17.5 Å². The number of nitrogens with one attached hydrogen (secondary N) is 2. The second-order valence-electron chi connectivity index (χ2n) is 8.13. The Balaban J connectivity index is 1.44. The number of aryl methyl sites for hydroxylation is 1. The summed E-state index contributed by atoms with van der Waals surface area (Å²) in [7, 11) is 1.90. The van der Waals surface area contributed by atoms with Crippen molar-refractivity contribution in [2.75, 3.05) is 18.4 Å². The van der Waals surface area contributed by atoms with Gasteiger partial charge in [0.15, 0.2) is 5.69 Å². The Labute approximate surface area is 188 Å². The molecule has 2 heterocycles. The molecule has 1 aliphatic heterocycles. The fourth-order valence-corrected chi connectivity index (χ4v) is 4.04. The minimum absolute atomic E-state index is 0.0366. The molecule has 2 amide bonds. The van der Waals surface area contributed by atoms with Crippen LogP contribution < -0.4 is 10.6 Å². The molecule has 166 valence electrons. The maximum Gasteiger partial charge on any atom is 0.276 e. The Bertz CT molecular complexity index is 1090. The summed E-state index contributed by atoms with van der Waals surface area (Å²) < 4.78 is 1.83. The number of carbonyl (C=O) groups excluding carboxylic acids is 2. The van der Waals surface area contributed by atoms with E-state index in [2.05, 4.69) is 20.6 Å². The lowest BCUT2D eigenvalue weighted by Crippen LogP contribution is -2.31. The minimum atomic E-state index is -0.183. The Morgan fingerprint density at radius 1 is 1.03 bits per heavy atom. The lowest BCUT2D eigenvalue weighted by molar-refractivity contribution is 0.0952. The first-order valence-electron chi connectivity index (χ1n) is 11.1. The Kier molecular flexibility index (Phi) is 6.66. The van der Waals surface area contributed by atoms with Crippen molar-refractivity contribution in [2.45, 2.75) is 32.9 Å². The highest BCUT2D eigenvalue weighted by Gasteiger charge is 2.27. The fraction of sp³-hybridized carbons (Fsp3) is 0.320. The zero-order valence-electron chi connectivity index (χ0n) is 18.6. The zero-order chi connectivity index (χ0) is 22.5. The molecule has 0 unspecified atom stereocenters. The number of para-hydroxylation sites is 1. The van der Waals surface area contributed by atoms with Gasteiger partial charge in [0.25, 0.3) is 11.8 Å². The van der Waals surface area contributed by atoms with E-state index in [0.29, 0.717) is 24.3 Å². The standard InChI is InChI=1S/C25H29N5O2/c1-3-14-26-24(31)19-11-9-18(10-12-19)16-30-15-13-22-21(17-30)23(28-29(22)2)25(32)27-20-7-5-4-6-8-20/h4-12H,3,13-17H2,1-2H3,(H,26,31)(H,27,32). The average Bonchev–Trinajstić information content (AvgIpc) is 3.14. The maximum absolute atomic E-state index is 12.9. The molecule has 1 aliphatic rings. The predicted molar refractivity (Wildman–Crippen MR) is 124 cm³/mol. The van der Waals surface area contributed by atoms with Crippen LogP contribution in [0.5, 0.6) is 0 Å². The van der Waals surface area contributed by atoms with Crippen LogP contribution in [0.1, 0.15) is 51.0 Å². The SMILES string of the molecule is CCCNC(=O)c1ccc(CN2CCc3c(c(C(=O)Nc4ccccc4)nn3C)C2)cc1. The van der Waals surface area contributed by atoms with Gasteiger partial charge in [0, 0.05) is 62.2 Å². The summed E-state index contributed by atoms with van der Waals surface area (Å²) >= 11 is 0. The van der Waals surface area contributed by atoms with Crippen molar-refractivity contribution in [1.29, 1.82) is 0 Å². The number of aromatic nitrogens is 2. The number of rotatable bonds is 7. The first kappa shape index (κ1) is 21.8. The molecule has 0 saturated heterocycles. The molecule has 0 spiro atoms. The minimum Gasteiger partial charge on any atom is -0.352 e. The van der Waals surface area contributed by atoms with E-state index >= 15 is 0 Å². The summed E-state index contributed by atoms with van der Waals surface area (Å²) in [6.45, 7) is 5.03. The number of benzene rings is 2. The first-order chi connectivity index (χ1) is 15.5. The second kappa shape index (κ2) is 9.78. The molecular formula is C25H29N5O2. The Hall–Kier alpha value is -3.45. The van der Waals surface area contributed by atoms with Crippen LogP contribution in [0.3, 0.4) is 0 Å². The van der Waals surface area contributed by atoms with Crippen LogP contribution in [-0.4, -0.2) is 39.6 Å². The van der Waals surface area contributed by atoms with Crippen molar-refractivity contribution in [3.63, 3.8) is 0 Å². The van der Waals surface area contributed by atoms with Gasteiger partial charge in [0.1, 0.15) is 0 Å². The van der Waals surface area contributed by atoms with E-state index < -0.39 is 0 Å². The third-order valence-corrected chi connectivity index (χ3v) is 5.73. The van der Waals surface area contributed by atoms with Crippen molar-refractivity contribution in [3.05, 3.63) is 82.7 Å². The zero-order valence-corrected chi connectivity index (χ0v) is 18.6. The first-order valence-corrected chi connectivity index (χ1v) is 11.1. The van der Waals surface area contributed by atoms with Crippen LogP contribution >= 0.6 is 0 Å². The molecule has 7 nitrogen and oxygen atoms in total. The summed E-state index contributed by atoms with van der Waals surface area (Å²) in [5.41, 5.74) is 5.16. The molecule has 0 radical (unpaired) electrons. The van der Waals surface area contributed by atoms with E-state index in [0.717, 1.165) is 48.4 Å². The number of amides is 2. The summed E-state index contributed by atoms with van der Waals surface area (Å²) in [5.74, 6) is -0.220. The molecule has 2 N–H and O–H groups in total. The van der Waals surface area contributed by atoms with E-state index in [-0.39, 0.29) is 11.8 Å². The Morgan fingerprint density at radius 3 is 2.50 bits per heavy atom. The van der Waals surface area contributed by atoms with E-state index in [1.54, 1.807) is 0 Å². The van der Waals surface area contributed by atoms with Crippen molar-refractivity contribution < 1.29 is 9.59 Å². The summed E-state index contributed by atoms with van der Waals surface area (Å²) in [6.07, 6.45) is 1.76. The summed E-state index contributed by atoms with van der Waals surface area (Å²) in [6, 6.07) is 17.2. The van der Waals surface area contributed by atoms with Crippen LogP contribution in [0.15, 0.2) is 54.6 Å². The Morgan fingerprint density at radius 2 is 1.78 bits per heavy atom. The molecule has 32 heavy (non-hydrogen) atoms. The second-order valence-corrected chi connectivity index (χ2v) is 8.13. The number of fused-ring (bicyclic) bond motifs is 1. The van der Waals surface area contributed by atoms with Crippen molar-refractivity contribution in [3.8, 4) is 0 Å². The van der Waals surface area contributed by atoms with Gasteiger partial charge in [-0.2, -0.15) is 5.10 Å². The molecule has 2 aromatic carbocycles. The molecule has 1 aromatic heterocycles. The number of hydrogen-bond acceptors (Lipinski definition) is 4. The van der Waals surface area contributed by atoms with Gasteiger partial charge in [0.05, 0.1) is 0 Å². The van der Waals surface area contributed by atoms with Crippen LogP contribution in [0.25, 0.3) is 0 Å². The van der Waals surface area contributed by atoms with E-state index in [1.807, 2.05) is 73.3 Å². The van der Waals surface area contributed by atoms with Gasteiger partial charge in [0.2, 0.25) is 0 Å². The third kappa shape index (κ3) is 4.89. The molecule has 0 fully saturated rings. The van der Waals surface area contributed by atoms with Gasteiger partial charge in [-0.25, -0.2) is 0 Å². The molecule has 0 bridgehead atoms. The number of nitrogens with zero attached hydrogens (tertiary/aromatic N) is 3. The van der Waals surface area contributed by atoms with Gasteiger partial charge in [-0.3, -0.25) is 19.2 Å². The van der Waals surface area contributed by atoms with Crippen LogP contribution in [-0.2, 0) is 26.6 Å². The van der Waals surface area contributed by atoms with Gasteiger partial charge in [-0.15, -0.1) is 0 Å². The molecular weight excluding hydrogens is 402 g/mol. The average molecular weight is 432 g/mol. The maximum atomic E-state index is 12.9. The molecule has 0 saturated carbocycles. The molecule has 7 heteroatoms. The lowest BCUT2D eigenvalue weighted by atomic mass is 10.0. The molecule has 0 aliphatic carbocycles. The van der Waals surface area contributed by atoms with Crippen LogP contribution in [0.4, 0.5) is 5.69 Å². The van der Waals surface area contributed by atoms with Gasteiger partial charge in [-0.1, -0.05) is 37.3 Å². The molecule has 3 aromatic rings. The van der Waals surface area contributed by atoms with E-state index in [4.69, 9.17) is 0 Å². The highest BCUT2D eigenvalue weighted by molar-refractivity contribution is 6.04. The van der Waals surface area contributed by atoms with Crippen LogP contribution in [0, 0.1) is 0 Å². The number of hydrogen-bond donors (Lipinski definition) is 2. The highest BCUT2D eigenvalue weighted by Crippen LogP contribution is 2.24. The molecule has 0 atom stereocenters. The van der Waals surface area contributed by atoms with Gasteiger partial charge < -0.3 is 10.6 Å². The topological polar surface area (TPSA) is 79.3 Å². The molecule has 4 rings (SSSR count). The lowest BCUT2D eigenvalue weighted by Gasteiger charge is -2.27. The van der Waals surface area contributed by atoms with E-state index in [9.17, 15) is 9.59 Å². The highest BCUT2D eigenvalue weighted by atomic mass is 16.2. The number of anilines is 1. The quantitative estimate of drug-likeness (QED) is 0.601.